The van der Waals surface area contributed by atoms with E-state index >= 15 is 0 Å². The first-order chi connectivity index (χ1) is 5.93. The highest BCUT2D eigenvalue weighted by atomic mass is 16.5. The van der Waals surface area contributed by atoms with Crippen LogP contribution in [0.2, 0.25) is 0 Å². The van der Waals surface area contributed by atoms with Crippen LogP contribution >= 0.6 is 0 Å². The Labute approximate surface area is 75.0 Å². The first-order valence-corrected chi connectivity index (χ1v) is 4.84. The molecule has 1 fully saturated rings. The average Bonchev–Trinajstić information content (AvgIpc) is 2.57. The molecule has 1 aliphatic heterocycles. The maximum atomic E-state index is 5.49. The molecule has 1 saturated heterocycles. The second-order valence-corrected chi connectivity index (χ2v) is 3.23. The zero-order valence-corrected chi connectivity index (χ0v) is 7.88. The molecule has 1 rings (SSSR count). The van der Waals surface area contributed by atoms with E-state index in [2.05, 4.69) is 17.5 Å². The smallest absolute Gasteiger partial charge is 0.0610 e. The normalized spacial score (nSPS) is 23.9. The number of rotatable bonds is 5. The van der Waals surface area contributed by atoms with E-state index < -0.39 is 0 Å². The summed E-state index contributed by atoms with van der Waals surface area (Å²) >= 11 is 0. The van der Waals surface area contributed by atoms with E-state index in [9.17, 15) is 0 Å². The number of hydrogen-bond donors (Lipinski definition) is 1. The van der Waals surface area contributed by atoms with Gasteiger partial charge in [-0.1, -0.05) is 12.2 Å². The van der Waals surface area contributed by atoms with Crippen molar-refractivity contribution in [2.24, 2.45) is 0 Å². The van der Waals surface area contributed by atoms with Gasteiger partial charge in [0.1, 0.15) is 0 Å². The predicted octanol–water partition coefficient (Wildman–Crippen LogP) is 1.72. The molecule has 0 spiro atoms. The molecule has 1 atom stereocenters. The minimum Gasteiger partial charge on any atom is -0.378 e. The van der Waals surface area contributed by atoms with Crippen LogP contribution in [-0.4, -0.2) is 26.3 Å². The van der Waals surface area contributed by atoms with Crippen molar-refractivity contribution in [3.05, 3.63) is 12.2 Å². The largest absolute Gasteiger partial charge is 0.378 e. The second kappa shape index (κ2) is 6.21. The van der Waals surface area contributed by atoms with Gasteiger partial charge in [0, 0.05) is 6.61 Å². The third-order valence-electron chi connectivity index (χ3n) is 2.15. The second-order valence-electron chi connectivity index (χ2n) is 3.23. The van der Waals surface area contributed by atoms with Crippen molar-refractivity contribution in [2.45, 2.75) is 31.8 Å². The highest BCUT2D eigenvalue weighted by Crippen LogP contribution is 2.15. The lowest BCUT2D eigenvalue weighted by Crippen LogP contribution is -2.06. The Balaban J connectivity index is 1.96. The summed E-state index contributed by atoms with van der Waals surface area (Å²) < 4.78 is 5.49. The van der Waals surface area contributed by atoms with E-state index in [1.165, 1.54) is 12.8 Å². The maximum Gasteiger partial charge on any atom is 0.0610 e. The van der Waals surface area contributed by atoms with Crippen molar-refractivity contribution in [3.8, 4) is 0 Å². The molecule has 0 amide bonds. The predicted molar refractivity (Wildman–Crippen MR) is 51.3 cm³/mol. The fraction of sp³-hybridized carbons (Fsp3) is 0.800. The Kier molecular flexibility index (Phi) is 5.04. The highest BCUT2D eigenvalue weighted by molar-refractivity contribution is 4.85. The standard InChI is InChI=1S/C10H19NO/c1-11-8-4-2-3-6-10-7-5-9-12-10/h2-3,10-11H,4-9H2,1H3. The van der Waals surface area contributed by atoms with Gasteiger partial charge in [0.15, 0.2) is 0 Å². The molecule has 70 valence electrons. The van der Waals surface area contributed by atoms with Crippen LogP contribution in [0.25, 0.3) is 0 Å². The quantitative estimate of drug-likeness (QED) is 0.500. The van der Waals surface area contributed by atoms with Crippen LogP contribution < -0.4 is 5.32 Å². The topological polar surface area (TPSA) is 21.3 Å². The summed E-state index contributed by atoms with van der Waals surface area (Å²) in [7, 11) is 1.98. The summed E-state index contributed by atoms with van der Waals surface area (Å²) in [6, 6.07) is 0. The summed E-state index contributed by atoms with van der Waals surface area (Å²) in [6.45, 7) is 2.04. The van der Waals surface area contributed by atoms with Gasteiger partial charge in [-0.15, -0.1) is 0 Å². The van der Waals surface area contributed by atoms with Crippen LogP contribution in [0.3, 0.4) is 0 Å². The maximum absolute atomic E-state index is 5.49. The van der Waals surface area contributed by atoms with Crippen LogP contribution in [0.4, 0.5) is 0 Å². The number of hydrogen-bond acceptors (Lipinski definition) is 2. The van der Waals surface area contributed by atoms with E-state index in [-0.39, 0.29) is 0 Å². The van der Waals surface area contributed by atoms with Gasteiger partial charge in [0.25, 0.3) is 0 Å². The summed E-state index contributed by atoms with van der Waals surface area (Å²) in [6.07, 6.45) is 9.71. The molecule has 1 unspecified atom stereocenters. The third-order valence-corrected chi connectivity index (χ3v) is 2.15. The minimum absolute atomic E-state index is 0.510. The lowest BCUT2D eigenvalue weighted by molar-refractivity contribution is 0.113. The van der Waals surface area contributed by atoms with Crippen LogP contribution in [0.15, 0.2) is 12.2 Å². The highest BCUT2D eigenvalue weighted by Gasteiger charge is 2.12. The van der Waals surface area contributed by atoms with Crippen molar-refractivity contribution in [1.82, 2.24) is 5.32 Å². The zero-order valence-electron chi connectivity index (χ0n) is 7.88. The van der Waals surface area contributed by atoms with E-state index in [1.54, 1.807) is 0 Å². The van der Waals surface area contributed by atoms with Gasteiger partial charge in [-0.3, -0.25) is 0 Å². The monoisotopic (exact) mass is 169 g/mol. The molecule has 12 heavy (non-hydrogen) atoms. The van der Waals surface area contributed by atoms with E-state index in [1.807, 2.05) is 7.05 Å². The lowest BCUT2D eigenvalue weighted by atomic mass is 10.1. The number of nitrogens with one attached hydrogen (secondary N) is 1. The van der Waals surface area contributed by atoms with Crippen molar-refractivity contribution in [2.75, 3.05) is 20.2 Å². The molecule has 1 N–H and O–H groups in total. The molecule has 0 aromatic rings. The van der Waals surface area contributed by atoms with Crippen LogP contribution in [-0.2, 0) is 4.74 Å². The SMILES string of the molecule is CNCCC=CCC1CCCO1. The summed E-state index contributed by atoms with van der Waals surface area (Å²) in [5, 5.41) is 3.11. The Bertz CT molecular complexity index is 128. The van der Waals surface area contributed by atoms with Gasteiger partial charge < -0.3 is 10.1 Å². The van der Waals surface area contributed by atoms with Crippen LogP contribution in [0.5, 0.6) is 0 Å². The molecule has 0 bridgehead atoms. The fourth-order valence-corrected chi connectivity index (χ4v) is 1.42. The molecule has 1 heterocycles. The fourth-order valence-electron chi connectivity index (χ4n) is 1.42. The molecule has 0 aliphatic carbocycles. The van der Waals surface area contributed by atoms with Gasteiger partial charge in [-0.05, 0) is 39.3 Å². The Morgan fingerprint density at radius 2 is 2.42 bits per heavy atom. The van der Waals surface area contributed by atoms with E-state index in [4.69, 9.17) is 4.74 Å². The first-order valence-electron chi connectivity index (χ1n) is 4.84. The first kappa shape index (κ1) is 9.75. The Morgan fingerprint density at radius 1 is 1.50 bits per heavy atom. The molecule has 0 aromatic heterocycles. The van der Waals surface area contributed by atoms with Gasteiger partial charge in [-0.25, -0.2) is 0 Å². The number of ether oxygens (including phenoxy) is 1. The van der Waals surface area contributed by atoms with Crippen molar-refractivity contribution in [1.29, 1.82) is 0 Å². The van der Waals surface area contributed by atoms with Gasteiger partial charge in [-0.2, -0.15) is 0 Å². The molecule has 1 aliphatic rings. The van der Waals surface area contributed by atoms with Gasteiger partial charge >= 0.3 is 0 Å². The lowest BCUT2D eigenvalue weighted by Gasteiger charge is -2.03. The minimum atomic E-state index is 0.510. The van der Waals surface area contributed by atoms with Crippen molar-refractivity contribution >= 4 is 0 Å². The Morgan fingerprint density at radius 3 is 3.08 bits per heavy atom. The Hall–Kier alpha value is -0.340. The van der Waals surface area contributed by atoms with Crippen LogP contribution in [0.1, 0.15) is 25.7 Å². The van der Waals surface area contributed by atoms with E-state index in [0.717, 1.165) is 26.0 Å². The molecular weight excluding hydrogens is 150 g/mol. The average molecular weight is 169 g/mol. The molecule has 0 radical (unpaired) electrons. The van der Waals surface area contributed by atoms with Crippen molar-refractivity contribution in [3.63, 3.8) is 0 Å². The molecule has 0 saturated carbocycles. The molecule has 2 heteroatoms. The van der Waals surface area contributed by atoms with Gasteiger partial charge in [0.05, 0.1) is 6.10 Å². The summed E-state index contributed by atoms with van der Waals surface area (Å²) in [4.78, 5) is 0. The summed E-state index contributed by atoms with van der Waals surface area (Å²) in [5.74, 6) is 0. The molecular formula is C10H19NO. The van der Waals surface area contributed by atoms with E-state index in [0.29, 0.717) is 6.10 Å². The van der Waals surface area contributed by atoms with Crippen molar-refractivity contribution < 1.29 is 4.74 Å². The zero-order chi connectivity index (χ0) is 8.65. The molecule has 2 nitrogen and oxygen atoms in total. The van der Waals surface area contributed by atoms with Crippen LogP contribution in [0, 0.1) is 0 Å². The molecule has 0 aromatic carbocycles. The third kappa shape index (κ3) is 3.88. The van der Waals surface area contributed by atoms with Gasteiger partial charge in [0.2, 0.25) is 0 Å². The summed E-state index contributed by atoms with van der Waals surface area (Å²) in [5.41, 5.74) is 0.